The summed E-state index contributed by atoms with van der Waals surface area (Å²) in [6.45, 7) is 24.3. The Balaban J connectivity index is 0.000000205. The first-order chi connectivity index (χ1) is 46.6. The summed E-state index contributed by atoms with van der Waals surface area (Å²) in [5.41, 5.74) is 23.6. The van der Waals surface area contributed by atoms with Gasteiger partial charge in [0.05, 0.1) is 0 Å². The van der Waals surface area contributed by atoms with E-state index < -0.39 is 0 Å². The Morgan fingerprint density at radius 1 is 0.386 bits per heavy atom. The first kappa shape index (κ1) is 82.2. The van der Waals surface area contributed by atoms with Crippen LogP contribution in [0.2, 0.25) is 0 Å². The maximum Gasteiger partial charge on any atom is 0.0442 e. The van der Waals surface area contributed by atoms with E-state index in [0.717, 1.165) is 68.4 Å². The number of aryl methyl sites for hydroxylation is 5. The second-order valence-corrected chi connectivity index (χ2v) is 25.1. The number of nitrogens with zero attached hydrogens (tertiary/aromatic N) is 7. The number of para-hydroxylation sites is 3. The van der Waals surface area contributed by atoms with Crippen LogP contribution in [-0.2, 0) is 107 Å². The van der Waals surface area contributed by atoms with Gasteiger partial charge in [-0.3, -0.25) is 4.39 Å². The van der Waals surface area contributed by atoms with Crippen molar-refractivity contribution in [2.45, 2.75) is 94.5 Å². The molecule has 101 heavy (non-hydrogen) atoms. The summed E-state index contributed by atoms with van der Waals surface area (Å²) in [7, 11) is 0. The normalized spacial score (nSPS) is 10.5. The van der Waals surface area contributed by atoms with Crippen LogP contribution in [0.3, 0.4) is 0 Å². The van der Waals surface area contributed by atoms with Crippen LogP contribution < -0.4 is 0 Å². The van der Waals surface area contributed by atoms with Gasteiger partial charge in [-0.05, 0) is 122 Å². The van der Waals surface area contributed by atoms with E-state index in [0.29, 0.717) is 28.9 Å². The number of pyridine rings is 5. The number of fused-ring (bicyclic) bond motifs is 6. The van der Waals surface area contributed by atoms with Gasteiger partial charge in [0.15, 0.2) is 0 Å². The molecule has 7 nitrogen and oxygen atoms in total. The quantitative estimate of drug-likeness (QED) is 0.128. The molecule has 0 aliphatic carbocycles. The molecule has 8 aromatic carbocycles. The third-order valence-corrected chi connectivity index (χ3v) is 16.7. The van der Waals surface area contributed by atoms with Crippen molar-refractivity contribution in [3.05, 3.63) is 324 Å². The monoisotopic (exact) mass is 2220 g/mol. The first-order valence-electron chi connectivity index (χ1n) is 32.9. The fraction of sp³-hybridized carbons (Fsp3) is 0.170. The molecule has 0 N–H and O–H groups in total. The molecular weight excluding hydrogens is 2140 g/mol. The number of aromatic nitrogens is 7. The Kier molecular flexibility index (Phi) is 31.8. The van der Waals surface area contributed by atoms with Crippen LogP contribution in [0, 0.1) is 76.7 Å². The molecule has 0 fully saturated rings. The van der Waals surface area contributed by atoms with Crippen molar-refractivity contribution in [2.24, 2.45) is 5.92 Å². The van der Waals surface area contributed by atoms with E-state index in [4.69, 9.17) is 0 Å². The van der Waals surface area contributed by atoms with E-state index >= 15 is 0 Å². The molecule has 0 amide bonds. The molecule has 0 atom stereocenters. The van der Waals surface area contributed by atoms with E-state index in [9.17, 15) is 4.39 Å². The van der Waals surface area contributed by atoms with E-state index in [1.807, 2.05) is 116 Å². The molecule has 0 bridgehead atoms. The number of rotatable bonds is 10. The van der Waals surface area contributed by atoms with Crippen LogP contribution >= 0.6 is 0 Å². The Hall–Kier alpha value is -7.71. The second kappa shape index (κ2) is 39.1. The summed E-state index contributed by atoms with van der Waals surface area (Å²) in [4.78, 5) is 21.8. The van der Waals surface area contributed by atoms with Gasteiger partial charge in [-0.2, -0.15) is 0 Å². The number of hydrogen-bond donors (Lipinski definition) is 0. The Morgan fingerprint density at radius 2 is 0.832 bits per heavy atom. The Bertz CT molecular complexity index is 5020. The molecule has 7 heterocycles. The molecule has 5 radical (unpaired) electrons. The van der Waals surface area contributed by atoms with Crippen molar-refractivity contribution in [1.29, 1.82) is 0 Å². The summed E-state index contributed by atoms with van der Waals surface area (Å²) in [6, 6.07) is 90.7. The molecule has 15 aromatic rings. The van der Waals surface area contributed by atoms with E-state index in [1.165, 1.54) is 71.6 Å². The zero-order valence-electron chi connectivity index (χ0n) is 58.3. The number of halogens is 1. The van der Waals surface area contributed by atoms with Crippen LogP contribution in [0.5, 0.6) is 0 Å². The average Bonchev–Trinajstić information content (AvgIpc) is 1.60. The topological polar surface area (TPSA) is 74.3 Å². The van der Waals surface area contributed by atoms with Crippen LogP contribution in [0.25, 0.3) is 106 Å². The van der Waals surface area contributed by atoms with Gasteiger partial charge in [0, 0.05) is 161 Å². The van der Waals surface area contributed by atoms with Crippen molar-refractivity contribution < 1.29 is 105 Å². The standard InChI is InChI=1S/C29H27N2.C21H19N2.C13H11FN.C13H12N.C12H10N.5Ir/c1-19(2)22-11-9-12-23(20(3)4)29(22)31-27-14-6-5-10-24(27)25-18-21(15-16-28(25)31)26-13-7-8-17-30-26;1-15(2)14-23-20-9-4-3-7-17(20)18-13-16(10-11-21(18)23)19-8-5-6-12-22-19;1-9-7-11(8-10(2)13(9)14)12-5-3-4-6-15-12;1-10-7-11(2)9-12(8-10)13-5-3-4-6-14-13;1-10-6-2-3-7-11(10)12-8-4-5-9-13-12;;;;;/h5-14,16-20H,1-4H3;3-9,11-13,15H,14H2,1-2H3;3-7H,1-2H3;3-8H,1-2H3;2-6,8-9H,1H3;;;;;/q5*-1;;;;;. The molecule has 0 saturated carbocycles. The largest absolute Gasteiger partial charge is 0.380 e. The van der Waals surface area contributed by atoms with Gasteiger partial charge in [-0.1, -0.05) is 213 Å². The van der Waals surface area contributed by atoms with E-state index in [1.54, 1.807) is 38.5 Å². The number of benzene rings is 8. The van der Waals surface area contributed by atoms with Crippen LogP contribution in [-0.4, -0.2) is 34.1 Å². The molecule has 0 unspecified atom stereocenters. The number of hydrogen-bond acceptors (Lipinski definition) is 5. The minimum absolute atomic E-state index is 0. The smallest absolute Gasteiger partial charge is 0.0442 e. The molecule has 0 aliphatic heterocycles. The van der Waals surface area contributed by atoms with Gasteiger partial charge in [-0.15, -0.1) is 136 Å². The molecular formula is C88H79FIr5N7-5. The zero-order valence-corrected chi connectivity index (χ0v) is 70.3. The maximum atomic E-state index is 13.4. The first-order valence-corrected chi connectivity index (χ1v) is 32.9. The minimum atomic E-state index is -0.185. The third kappa shape index (κ3) is 20.1. The molecule has 7 aromatic heterocycles. The molecule has 0 saturated heterocycles. The fourth-order valence-electron chi connectivity index (χ4n) is 12.2. The summed E-state index contributed by atoms with van der Waals surface area (Å²) in [5, 5.41) is 5.08. The molecule has 15 rings (SSSR count). The minimum Gasteiger partial charge on any atom is -0.380 e. The third-order valence-electron chi connectivity index (χ3n) is 16.7. The van der Waals surface area contributed by atoms with Crippen molar-refractivity contribution in [3.8, 4) is 62.0 Å². The van der Waals surface area contributed by atoms with E-state index in [-0.39, 0.29) is 106 Å². The second-order valence-electron chi connectivity index (χ2n) is 25.1. The van der Waals surface area contributed by atoms with Crippen LogP contribution in [0.15, 0.2) is 249 Å². The van der Waals surface area contributed by atoms with Crippen molar-refractivity contribution in [2.75, 3.05) is 0 Å². The predicted octanol–water partition coefficient (Wildman–Crippen LogP) is 22.5. The molecule has 0 spiro atoms. The van der Waals surface area contributed by atoms with Gasteiger partial charge < -0.3 is 34.1 Å². The molecule has 523 valence electrons. The maximum absolute atomic E-state index is 13.4. The van der Waals surface area contributed by atoms with Crippen molar-refractivity contribution in [3.63, 3.8) is 0 Å². The van der Waals surface area contributed by atoms with Gasteiger partial charge in [0.2, 0.25) is 0 Å². The summed E-state index contributed by atoms with van der Waals surface area (Å²) < 4.78 is 18.2. The van der Waals surface area contributed by atoms with E-state index in [2.05, 4.69) is 236 Å². The summed E-state index contributed by atoms with van der Waals surface area (Å²) >= 11 is 0. The fourth-order valence-corrected chi connectivity index (χ4v) is 12.2. The van der Waals surface area contributed by atoms with Gasteiger partial charge in [0.1, 0.15) is 0 Å². The summed E-state index contributed by atoms with van der Waals surface area (Å²) in [5.74, 6) is 1.28. The summed E-state index contributed by atoms with van der Waals surface area (Å²) in [6.07, 6.45) is 8.99. The predicted molar refractivity (Wildman–Crippen MR) is 397 cm³/mol. The van der Waals surface area contributed by atoms with Gasteiger partial charge >= 0.3 is 0 Å². The van der Waals surface area contributed by atoms with Crippen LogP contribution in [0.1, 0.15) is 92.3 Å². The Morgan fingerprint density at radius 3 is 1.30 bits per heavy atom. The SMILES string of the molecule is CC(C)Cn1c2c[c-]c(-c3ccccn3)cc2c2ccccc21.CC(C)c1cccc(C(C)C)c1-n1c2c[c-]c(-c3ccccn3)cc2c2ccccc21.Cc1[c-]c(-c2ccccn2)cc(C)c1.Cc1[c-]c(-c2ccccn2)cc(C)c1F.Cc1ccc[c-]c1-c1ccccn1.[Ir].[Ir].[Ir].[Ir].[Ir]. The van der Waals surface area contributed by atoms with Gasteiger partial charge in [-0.25, -0.2) is 0 Å². The van der Waals surface area contributed by atoms with Crippen molar-refractivity contribution >= 4 is 43.6 Å². The Labute approximate surface area is 663 Å². The average molecular weight is 2210 g/mol. The van der Waals surface area contributed by atoms with Gasteiger partial charge in [0.25, 0.3) is 0 Å². The molecule has 13 heteroatoms. The molecule has 0 aliphatic rings. The van der Waals surface area contributed by atoms with Crippen LogP contribution in [0.4, 0.5) is 4.39 Å². The van der Waals surface area contributed by atoms with Crippen molar-refractivity contribution in [1.82, 2.24) is 34.1 Å². The zero-order chi connectivity index (χ0) is 67.2.